The molecule has 12 heavy (non-hydrogen) atoms. The van der Waals surface area contributed by atoms with Crippen LogP contribution < -0.4 is 0 Å². The maximum atomic E-state index is 4.13. The molecule has 1 aliphatic heterocycles. The molecule has 2 nitrogen and oxygen atoms in total. The summed E-state index contributed by atoms with van der Waals surface area (Å²) in [4.78, 5) is 6.48. The Morgan fingerprint density at radius 1 is 1.50 bits per heavy atom. The van der Waals surface area contributed by atoms with Gasteiger partial charge in [-0.3, -0.25) is 9.88 Å². The molecule has 1 aliphatic rings. The monoisotopic (exact) mass is 162 g/mol. The smallest absolute Gasteiger partial charge is 0.0409 e. The molecule has 0 unspecified atom stereocenters. The molecule has 0 aliphatic carbocycles. The van der Waals surface area contributed by atoms with Crippen molar-refractivity contribution in [2.45, 2.75) is 25.9 Å². The van der Waals surface area contributed by atoms with Crippen LogP contribution in [-0.2, 0) is 12.1 Å². The van der Waals surface area contributed by atoms with Gasteiger partial charge in [-0.15, -0.1) is 0 Å². The Bertz CT molecular complexity index is 304. The lowest BCUT2D eigenvalue weighted by Gasteiger charge is -2.28. The molecular weight excluding hydrogens is 148 g/mol. The average Bonchev–Trinajstić information content (AvgIpc) is 2.25. The van der Waals surface area contributed by atoms with E-state index in [9.17, 15) is 0 Å². The molecule has 2 heterocycles. The normalized spacial score (nSPS) is 20.9. The van der Waals surface area contributed by atoms with Crippen LogP contribution in [0, 0.1) is 0 Å². The summed E-state index contributed by atoms with van der Waals surface area (Å²) in [7, 11) is 2.15. The van der Waals surface area contributed by atoms with Crippen molar-refractivity contribution in [3.63, 3.8) is 0 Å². The molecule has 0 saturated heterocycles. The zero-order valence-corrected chi connectivity index (χ0v) is 7.83. The van der Waals surface area contributed by atoms with E-state index in [1.165, 1.54) is 11.1 Å². The quantitative estimate of drug-likeness (QED) is 0.578. The number of rotatable bonds is 0. The van der Waals surface area contributed by atoms with Gasteiger partial charge in [-0.05, 0) is 38.1 Å². The Balaban J connectivity index is 2.55. The van der Waals surface area contributed by atoms with Crippen LogP contribution in [0.15, 0.2) is 18.5 Å². The molecule has 0 radical (unpaired) electrons. The van der Waals surface area contributed by atoms with Crippen LogP contribution in [-0.4, -0.2) is 16.9 Å². The molecule has 0 spiro atoms. The van der Waals surface area contributed by atoms with E-state index < -0.39 is 0 Å². The number of aromatic nitrogens is 1. The van der Waals surface area contributed by atoms with Crippen molar-refractivity contribution in [1.29, 1.82) is 0 Å². The first-order chi connectivity index (χ1) is 5.62. The summed E-state index contributed by atoms with van der Waals surface area (Å²) in [5.41, 5.74) is 2.96. The van der Waals surface area contributed by atoms with Crippen molar-refractivity contribution in [2.75, 3.05) is 7.05 Å². The van der Waals surface area contributed by atoms with Crippen molar-refractivity contribution in [3.05, 3.63) is 29.6 Å². The van der Waals surface area contributed by atoms with Gasteiger partial charge >= 0.3 is 0 Å². The molecule has 0 saturated carbocycles. The summed E-state index contributed by atoms with van der Waals surface area (Å²) in [6.45, 7) is 5.52. The highest BCUT2D eigenvalue weighted by molar-refractivity contribution is 5.34. The topological polar surface area (TPSA) is 16.1 Å². The van der Waals surface area contributed by atoms with E-state index in [0.29, 0.717) is 0 Å². The lowest BCUT2D eigenvalue weighted by atomic mass is 9.95. The van der Waals surface area contributed by atoms with Crippen molar-refractivity contribution < 1.29 is 0 Å². The molecule has 0 fully saturated rings. The highest BCUT2D eigenvalue weighted by Crippen LogP contribution is 2.36. The van der Waals surface area contributed by atoms with Crippen LogP contribution >= 0.6 is 0 Å². The Kier molecular flexibility index (Phi) is 1.48. The molecule has 1 aromatic heterocycles. The number of pyridine rings is 1. The van der Waals surface area contributed by atoms with Gasteiger partial charge < -0.3 is 0 Å². The Morgan fingerprint density at radius 2 is 2.25 bits per heavy atom. The summed E-state index contributed by atoms with van der Waals surface area (Å²) in [5, 5.41) is 0. The third-order valence-electron chi connectivity index (χ3n) is 2.92. The molecule has 0 atom stereocenters. The third-order valence-corrected chi connectivity index (χ3v) is 2.92. The van der Waals surface area contributed by atoms with E-state index in [-0.39, 0.29) is 5.54 Å². The van der Waals surface area contributed by atoms with E-state index in [0.717, 1.165) is 6.54 Å². The van der Waals surface area contributed by atoms with E-state index in [4.69, 9.17) is 0 Å². The van der Waals surface area contributed by atoms with Crippen LogP contribution in [0.25, 0.3) is 0 Å². The summed E-state index contributed by atoms with van der Waals surface area (Å²) < 4.78 is 0. The Morgan fingerprint density at radius 3 is 2.92 bits per heavy atom. The van der Waals surface area contributed by atoms with Gasteiger partial charge in [0.05, 0.1) is 0 Å². The Hall–Kier alpha value is -0.890. The third kappa shape index (κ3) is 0.879. The summed E-state index contributed by atoms with van der Waals surface area (Å²) in [5.74, 6) is 0. The van der Waals surface area contributed by atoms with Crippen LogP contribution in [0.3, 0.4) is 0 Å². The van der Waals surface area contributed by atoms with E-state index in [1.807, 2.05) is 12.4 Å². The first-order valence-corrected chi connectivity index (χ1v) is 4.27. The average molecular weight is 162 g/mol. The molecule has 0 N–H and O–H groups in total. The zero-order valence-electron chi connectivity index (χ0n) is 7.83. The lowest BCUT2D eigenvalue weighted by Crippen LogP contribution is -2.31. The fourth-order valence-electron chi connectivity index (χ4n) is 1.81. The van der Waals surface area contributed by atoms with Crippen LogP contribution in [0.1, 0.15) is 25.0 Å². The second-order valence-corrected chi connectivity index (χ2v) is 3.95. The second kappa shape index (κ2) is 2.30. The predicted octanol–water partition coefficient (Wildman–Crippen LogP) is 1.76. The molecule has 2 rings (SSSR count). The maximum Gasteiger partial charge on any atom is 0.0409 e. The van der Waals surface area contributed by atoms with Crippen LogP contribution in [0.2, 0.25) is 0 Å². The standard InChI is InChI=1S/C10H14N2/c1-10(2)9-4-5-11-6-8(9)7-12(10)3/h4-6H,7H2,1-3H3. The fourth-order valence-corrected chi connectivity index (χ4v) is 1.81. The summed E-state index contributed by atoms with van der Waals surface area (Å²) in [6.07, 6.45) is 3.85. The zero-order chi connectivity index (χ0) is 8.77. The highest BCUT2D eigenvalue weighted by Gasteiger charge is 2.34. The molecule has 2 heteroatoms. The van der Waals surface area contributed by atoms with E-state index in [2.05, 4.69) is 36.8 Å². The summed E-state index contributed by atoms with van der Waals surface area (Å²) >= 11 is 0. The van der Waals surface area contributed by atoms with Gasteiger partial charge in [-0.1, -0.05) is 0 Å². The minimum Gasteiger partial charge on any atom is -0.293 e. The number of hydrogen-bond donors (Lipinski definition) is 0. The van der Waals surface area contributed by atoms with Gasteiger partial charge in [0.15, 0.2) is 0 Å². The van der Waals surface area contributed by atoms with Gasteiger partial charge in [0.25, 0.3) is 0 Å². The second-order valence-electron chi connectivity index (χ2n) is 3.95. The molecule has 1 aromatic rings. The van der Waals surface area contributed by atoms with Gasteiger partial charge in [-0.25, -0.2) is 0 Å². The van der Waals surface area contributed by atoms with Crippen molar-refractivity contribution >= 4 is 0 Å². The van der Waals surface area contributed by atoms with E-state index in [1.54, 1.807) is 0 Å². The maximum absolute atomic E-state index is 4.13. The number of hydrogen-bond acceptors (Lipinski definition) is 2. The SMILES string of the molecule is CN1Cc2cnccc2C1(C)C. The highest BCUT2D eigenvalue weighted by atomic mass is 15.2. The molecule has 0 amide bonds. The van der Waals surface area contributed by atoms with Gasteiger partial charge in [0, 0.05) is 24.5 Å². The van der Waals surface area contributed by atoms with Crippen LogP contribution in [0.4, 0.5) is 0 Å². The largest absolute Gasteiger partial charge is 0.293 e. The van der Waals surface area contributed by atoms with Gasteiger partial charge in [0.1, 0.15) is 0 Å². The lowest BCUT2D eigenvalue weighted by molar-refractivity contribution is 0.178. The van der Waals surface area contributed by atoms with Crippen molar-refractivity contribution in [2.24, 2.45) is 0 Å². The van der Waals surface area contributed by atoms with Gasteiger partial charge in [-0.2, -0.15) is 0 Å². The van der Waals surface area contributed by atoms with E-state index >= 15 is 0 Å². The number of nitrogens with zero attached hydrogens (tertiary/aromatic N) is 2. The first kappa shape index (κ1) is 7.74. The minimum absolute atomic E-state index is 0.179. The fraction of sp³-hybridized carbons (Fsp3) is 0.500. The van der Waals surface area contributed by atoms with Crippen molar-refractivity contribution in [1.82, 2.24) is 9.88 Å². The number of fused-ring (bicyclic) bond motifs is 1. The molecular formula is C10H14N2. The Labute approximate surface area is 73.2 Å². The van der Waals surface area contributed by atoms with Gasteiger partial charge in [0.2, 0.25) is 0 Å². The minimum atomic E-state index is 0.179. The first-order valence-electron chi connectivity index (χ1n) is 4.27. The predicted molar refractivity (Wildman–Crippen MR) is 48.7 cm³/mol. The molecule has 0 aromatic carbocycles. The molecule has 64 valence electrons. The summed E-state index contributed by atoms with van der Waals surface area (Å²) in [6, 6.07) is 2.12. The van der Waals surface area contributed by atoms with Crippen LogP contribution in [0.5, 0.6) is 0 Å². The van der Waals surface area contributed by atoms with Crippen molar-refractivity contribution in [3.8, 4) is 0 Å². The molecule has 0 bridgehead atoms.